The number of fused-ring (bicyclic) bond motifs is 1. The van der Waals surface area contributed by atoms with Crippen molar-refractivity contribution in [2.45, 2.75) is 39.8 Å². The second-order valence-electron chi connectivity index (χ2n) is 7.88. The zero-order chi connectivity index (χ0) is 22.4. The second-order valence-corrected chi connectivity index (χ2v) is 7.88. The molecular formula is C24H30N4O3. The molecule has 0 atom stereocenters. The molecular weight excluding hydrogens is 392 g/mol. The molecule has 3 rings (SSSR count). The molecule has 0 radical (unpaired) electrons. The van der Waals surface area contributed by atoms with E-state index in [4.69, 9.17) is 4.74 Å². The average molecular weight is 423 g/mol. The molecule has 0 aliphatic carbocycles. The Kier molecular flexibility index (Phi) is 7.41. The van der Waals surface area contributed by atoms with Crippen molar-refractivity contribution in [2.24, 2.45) is 0 Å². The third-order valence-electron chi connectivity index (χ3n) is 5.09. The van der Waals surface area contributed by atoms with E-state index in [0.29, 0.717) is 31.4 Å². The fourth-order valence-electron chi connectivity index (χ4n) is 3.49. The van der Waals surface area contributed by atoms with Gasteiger partial charge in [-0.15, -0.1) is 0 Å². The van der Waals surface area contributed by atoms with Gasteiger partial charge in [0, 0.05) is 43.5 Å². The first kappa shape index (κ1) is 22.5. The Hall–Kier alpha value is -3.19. The molecule has 2 heterocycles. The molecule has 1 aromatic carbocycles. The van der Waals surface area contributed by atoms with Crippen LogP contribution in [0, 0.1) is 0 Å². The van der Waals surface area contributed by atoms with Crippen LogP contribution in [0.1, 0.15) is 48.9 Å². The summed E-state index contributed by atoms with van der Waals surface area (Å²) >= 11 is 0. The number of para-hydroxylation sites is 1. The predicted octanol–water partition coefficient (Wildman–Crippen LogP) is 3.32. The number of carbonyl (C=O) groups is 2. The molecule has 0 fully saturated rings. The number of hydrogen-bond acceptors (Lipinski definition) is 5. The van der Waals surface area contributed by atoms with Crippen LogP contribution in [0.25, 0.3) is 6.08 Å². The molecule has 2 aromatic rings. The Balaban J connectivity index is 1.71. The predicted molar refractivity (Wildman–Crippen MR) is 122 cm³/mol. The third kappa shape index (κ3) is 5.70. The minimum absolute atomic E-state index is 0.112. The molecule has 31 heavy (non-hydrogen) atoms. The minimum Gasteiger partial charge on any atom is -0.493 e. The minimum atomic E-state index is -0.112. The first-order valence-corrected chi connectivity index (χ1v) is 10.6. The molecule has 1 aliphatic heterocycles. The van der Waals surface area contributed by atoms with Gasteiger partial charge < -0.3 is 20.3 Å². The molecule has 0 unspecified atom stereocenters. The number of nitrogens with one attached hydrogen (secondary N) is 2. The fourth-order valence-corrected chi connectivity index (χ4v) is 3.49. The maximum Gasteiger partial charge on any atom is 0.246 e. The number of hydrogen-bond donors (Lipinski definition) is 2. The highest BCUT2D eigenvalue weighted by Crippen LogP contribution is 2.31. The van der Waals surface area contributed by atoms with Gasteiger partial charge >= 0.3 is 0 Å². The highest BCUT2D eigenvalue weighted by molar-refractivity contribution is 5.93. The van der Waals surface area contributed by atoms with Crippen molar-refractivity contribution >= 4 is 23.7 Å². The van der Waals surface area contributed by atoms with Crippen molar-refractivity contribution in [2.75, 3.05) is 25.5 Å². The summed E-state index contributed by atoms with van der Waals surface area (Å²) in [5, 5.41) is 5.82. The number of anilines is 1. The Morgan fingerprint density at radius 3 is 2.87 bits per heavy atom. The van der Waals surface area contributed by atoms with Crippen LogP contribution < -0.4 is 15.4 Å². The monoisotopic (exact) mass is 422 g/mol. The maximum atomic E-state index is 12.7. The normalized spacial score (nSPS) is 13.6. The molecule has 1 aromatic heterocycles. The molecule has 0 spiro atoms. The number of amides is 2. The van der Waals surface area contributed by atoms with Gasteiger partial charge in [0.1, 0.15) is 11.6 Å². The summed E-state index contributed by atoms with van der Waals surface area (Å²) < 4.78 is 5.91. The lowest BCUT2D eigenvalue weighted by Crippen LogP contribution is -2.24. The Morgan fingerprint density at radius 1 is 1.32 bits per heavy atom. The summed E-state index contributed by atoms with van der Waals surface area (Å²) in [7, 11) is 1.78. The number of pyridine rings is 1. The van der Waals surface area contributed by atoms with Crippen LogP contribution in [-0.2, 0) is 22.7 Å². The van der Waals surface area contributed by atoms with Crippen molar-refractivity contribution in [1.29, 1.82) is 0 Å². The number of nitrogens with zero attached hydrogens (tertiary/aromatic N) is 2. The molecule has 164 valence electrons. The third-order valence-corrected chi connectivity index (χ3v) is 5.09. The molecule has 2 N–H and O–H groups in total. The zero-order valence-corrected chi connectivity index (χ0v) is 18.6. The van der Waals surface area contributed by atoms with E-state index in [0.717, 1.165) is 28.0 Å². The van der Waals surface area contributed by atoms with Gasteiger partial charge in [-0.25, -0.2) is 4.98 Å². The van der Waals surface area contributed by atoms with E-state index in [-0.39, 0.29) is 18.4 Å². The van der Waals surface area contributed by atoms with Crippen LogP contribution in [0.3, 0.4) is 0 Å². The van der Waals surface area contributed by atoms with E-state index >= 15 is 0 Å². The van der Waals surface area contributed by atoms with E-state index in [9.17, 15) is 9.59 Å². The first-order chi connectivity index (χ1) is 14.9. The van der Waals surface area contributed by atoms with E-state index in [1.54, 1.807) is 30.3 Å². The van der Waals surface area contributed by atoms with E-state index < -0.39 is 0 Å². The number of carbonyl (C=O) groups excluding carboxylic acids is 2. The summed E-state index contributed by atoms with van der Waals surface area (Å²) in [5.41, 5.74) is 3.83. The molecule has 7 nitrogen and oxygen atoms in total. The van der Waals surface area contributed by atoms with Gasteiger partial charge in [-0.3, -0.25) is 9.59 Å². The van der Waals surface area contributed by atoms with E-state index in [2.05, 4.69) is 35.5 Å². The van der Waals surface area contributed by atoms with Crippen molar-refractivity contribution < 1.29 is 14.3 Å². The summed E-state index contributed by atoms with van der Waals surface area (Å²) in [6.07, 6.45) is 4.93. The maximum absolute atomic E-state index is 12.7. The Bertz CT molecular complexity index is 985. The summed E-state index contributed by atoms with van der Waals surface area (Å²) in [4.78, 5) is 30.3. The SMILES string of the molecule is CCOc1c(CN(C)C(=O)/C=C/c2cnc3c(c2)CNCC(=O)N3)cccc1C(C)C. The number of likely N-dealkylation sites (N-methyl/N-ethyl adjacent to an activating group) is 1. The van der Waals surface area contributed by atoms with Crippen LogP contribution in [0.4, 0.5) is 5.82 Å². The van der Waals surface area contributed by atoms with Crippen molar-refractivity contribution in [3.8, 4) is 5.75 Å². The smallest absolute Gasteiger partial charge is 0.246 e. The lowest BCUT2D eigenvalue weighted by Gasteiger charge is -2.21. The Morgan fingerprint density at radius 2 is 2.13 bits per heavy atom. The molecule has 0 saturated carbocycles. The molecule has 0 saturated heterocycles. The van der Waals surface area contributed by atoms with Crippen LogP contribution >= 0.6 is 0 Å². The van der Waals surface area contributed by atoms with Gasteiger partial charge in [0.2, 0.25) is 11.8 Å². The van der Waals surface area contributed by atoms with Crippen LogP contribution in [0.2, 0.25) is 0 Å². The number of benzene rings is 1. The Labute approximate surface area is 183 Å². The van der Waals surface area contributed by atoms with Gasteiger partial charge in [-0.2, -0.15) is 0 Å². The van der Waals surface area contributed by atoms with Crippen LogP contribution in [0.15, 0.2) is 36.5 Å². The van der Waals surface area contributed by atoms with Crippen molar-refractivity contribution in [3.05, 3.63) is 58.8 Å². The molecule has 7 heteroatoms. The highest BCUT2D eigenvalue weighted by Gasteiger charge is 2.16. The first-order valence-electron chi connectivity index (χ1n) is 10.6. The summed E-state index contributed by atoms with van der Waals surface area (Å²) in [6.45, 7) is 8.07. The number of rotatable bonds is 7. The van der Waals surface area contributed by atoms with Gasteiger partial charge in [0.15, 0.2) is 0 Å². The lowest BCUT2D eigenvalue weighted by molar-refractivity contribution is -0.125. The molecule has 2 amide bonds. The van der Waals surface area contributed by atoms with Crippen LogP contribution in [0.5, 0.6) is 5.75 Å². The van der Waals surface area contributed by atoms with Crippen LogP contribution in [-0.4, -0.2) is 41.9 Å². The highest BCUT2D eigenvalue weighted by atomic mass is 16.5. The topological polar surface area (TPSA) is 83.6 Å². The largest absolute Gasteiger partial charge is 0.493 e. The quantitative estimate of drug-likeness (QED) is 0.669. The molecule has 0 bridgehead atoms. The second kappa shape index (κ2) is 10.2. The van der Waals surface area contributed by atoms with Crippen molar-refractivity contribution in [1.82, 2.24) is 15.2 Å². The standard InChI is InChI=1S/C24H30N4O3/c1-5-31-23-18(7-6-8-20(23)16(2)3)15-28(4)22(30)10-9-17-11-19-13-25-14-21(29)27-24(19)26-12-17/h6-12,16,25H,5,13-15H2,1-4H3,(H,26,27,29)/b10-9+. The zero-order valence-electron chi connectivity index (χ0n) is 18.6. The van der Waals surface area contributed by atoms with Gasteiger partial charge in [-0.1, -0.05) is 32.0 Å². The van der Waals surface area contributed by atoms with E-state index in [1.165, 1.54) is 0 Å². The lowest BCUT2D eigenvalue weighted by atomic mass is 9.99. The summed E-state index contributed by atoms with van der Waals surface area (Å²) in [6, 6.07) is 8.01. The number of ether oxygens (including phenoxy) is 1. The van der Waals surface area contributed by atoms with Crippen molar-refractivity contribution in [3.63, 3.8) is 0 Å². The van der Waals surface area contributed by atoms with Gasteiger partial charge in [0.05, 0.1) is 13.2 Å². The fraction of sp³-hybridized carbons (Fsp3) is 0.375. The van der Waals surface area contributed by atoms with E-state index in [1.807, 2.05) is 25.1 Å². The molecule has 1 aliphatic rings. The van der Waals surface area contributed by atoms with Gasteiger partial charge in [-0.05, 0) is 36.1 Å². The summed E-state index contributed by atoms with van der Waals surface area (Å²) in [5.74, 6) is 1.54. The average Bonchev–Trinajstić information content (AvgIpc) is 2.93. The number of aromatic nitrogens is 1. The van der Waals surface area contributed by atoms with Gasteiger partial charge in [0.25, 0.3) is 0 Å².